The number of anilines is 1. The molecule has 0 aliphatic carbocycles. The van der Waals surface area contributed by atoms with Gasteiger partial charge in [0.15, 0.2) is 0 Å². The lowest BCUT2D eigenvalue weighted by Crippen LogP contribution is -2.40. The van der Waals surface area contributed by atoms with Gasteiger partial charge in [0.2, 0.25) is 0 Å². The Balaban J connectivity index is 1.66. The fourth-order valence-electron chi connectivity index (χ4n) is 5.32. The monoisotopic (exact) mass is 526 g/mol. The van der Waals surface area contributed by atoms with Gasteiger partial charge in [0, 0.05) is 25.8 Å². The number of unbranched alkanes of at least 4 members (excludes halogenated alkanes) is 5. The number of aryl methyl sites for hydroxylation is 1. The molecule has 0 aromatic carbocycles. The van der Waals surface area contributed by atoms with Crippen molar-refractivity contribution in [2.45, 2.75) is 72.6 Å². The van der Waals surface area contributed by atoms with Crippen LogP contribution >= 0.6 is 24.0 Å². The van der Waals surface area contributed by atoms with Crippen LogP contribution in [0.1, 0.15) is 76.8 Å². The predicted octanol–water partition coefficient (Wildman–Crippen LogP) is 6.05. The number of rotatable bonds is 9. The molecule has 4 heterocycles. The van der Waals surface area contributed by atoms with Gasteiger partial charge in [0.25, 0.3) is 11.5 Å². The molecule has 1 amide bonds. The molecule has 6 nitrogen and oxygen atoms in total. The van der Waals surface area contributed by atoms with Gasteiger partial charge in [-0.3, -0.25) is 18.9 Å². The molecule has 2 unspecified atom stereocenters. The van der Waals surface area contributed by atoms with Gasteiger partial charge in [-0.05, 0) is 49.3 Å². The van der Waals surface area contributed by atoms with E-state index in [0.29, 0.717) is 44.6 Å². The van der Waals surface area contributed by atoms with E-state index in [1.165, 1.54) is 37.4 Å². The summed E-state index contributed by atoms with van der Waals surface area (Å²) in [4.78, 5) is 36.4. The number of pyridine rings is 1. The molecule has 0 saturated carbocycles. The number of carbonyl (C=O) groups excluding carboxylic acids is 1. The Labute approximate surface area is 224 Å². The third kappa shape index (κ3) is 6.02. The minimum atomic E-state index is -0.147. The number of hydrogen-bond donors (Lipinski definition) is 0. The van der Waals surface area contributed by atoms with Crippen LogP contribution in [0, 0.1) is 18.8 Å². The zero-order chi connectivity index (χ0) is 25.8. The predicted molar refractivity (Wildman–Crippen MR) is 155 cm³/mol. The van der Waals surface area contributed by atoms with Gasteiger partial charge in [0.05, 0.1) is 10.5 Å². The van der Waals surface area contributed by atoms with Crippen molar-refractivity contribution in [3.05, 3.63) is 44.7 Å². The molecule has 0 N–H and O–H groups in total. The second kappa shape index (κ2) is 11.9. The number of carbonyl (C=O) groups is 1. The largest absolute Gasteiger partial charge is 0.355 e. The number of nitrogens with zero attached hydrogens (tertiary/aromatic N) is 4. The first-order valence-electron chi connectivity index (χ1n) is 13.3. The van der Waals surface area contributed by atoms with Crippen LogP contribution in [-0.4, -0.2) is 44.1 Å². The molecule has 2 atom stereocenters. The second-order valence-corrected chi connectivity index (χ2v) is 12.2. The van der Waals surface area contributed by atoms with E-state index in [0.717, 1.165) is 37.9 Å². The van der Waals surface area contributed by atoms with Crippen molar-refractivity contribution in [1.29, 1.82) is 0 Å². The van der Waals surface area contributed by atoms with Crippen LogP contribution in [0.15, 0.2) is 28.0 Å². The summed E-state index contributed by atoms with van der Waals surface area (Å²) in [6.07, 6.45) is 11.7. The molecule has 2 aliphatic rings. The summed E-state index contributed by atoms with van der Waals surface area (Å²) >= 11 is 6.86. The Bertz CT molecular complexity index is 1210. The first kappa shape index (κ1) is 26.9. The Kier molecular flexibility index (Phi) is 8.88. The van der Waals surface area contributed by atoms with Crippen molar-refractivity contribution in [2.24, 2.45) is 11.8 Å². The lowest BCUT2D eigenvalue weighted by Gasteiger charge is -2.36. The van der Waals surface area contributed by atoms with Crippen LogP contribution in [0.4, 0.5) is 5.82 Å². The highest BCUT2D eigenvalue weighted by Gasteiger charge is 2.33. The van der Waals surface area contributed by atoms with Crippen LogP contribution in [0.25, 0.3) is 11.7 Å². The third-order valence-corrected chi connectivity index (χ3v) is 8.42. The van der Waals surface area contributed by atoms with E-state index >= 15 is 0 Å². The van der Waals surface area contributed by atoms with Crippen LogP contribution in [0.2, 0.25) is 0 Å². The molecule has 2 aliphatic heterocycles. The standard InChI is InChI=1S/C28H38N4O2S2/c1-5-6-7-8-9-10-13-31-27(34)23(36-28(31)35)15-22-25(30-16-20(3)14-21(4)17-30)29-24-12-11-19(2)18-32(24)26(22)33/h11-12,15,18,20-21H,5-10,13-14,16-17H2,1-4H3/b23-15-. The summed E-state index contributed by atoms with van der Waals surface area (Å²) in [5.74, 6) is 1.59. The first-order valence-corrected chi connectivity index (χ1v) is 14.5. The average Bonchev–Trinajstić information content (AvgIpc) is 3.09. The van der Waals surface area contributed by atoms with Crippen molar-refractivity contribution in [3.63, 3.8) is 0 Å². The average molecular weight is 527 g/mol. The molecule has 0 radical (unpaired) electrons. The van der Waals surface area contributed by atoms with Gasteiger partial charge in [-0.2, -0.15) is 0 Å². The molecule has 2 aromatic rings. The highest BCUT2D eigenvalue weighted by molar-refractivity contribution is 8.26. The second-order valence-electron chi connectivity index (χ2n) is 10.5. The molecule has 8 heteroatoms. The van der Waals surface area contributed by atoms with Crippen LogP contribution < -0.4 is 10.5 Å². The van der Waals surface area contributed by atoms with Gasteiger partial charge in [0.1, 0.15) is 15.8 Å². The molecule has 2 aromatic heterocycles. The number of piperidine rings is 1. The maximum Gasteiger partial charge on any atom is 0.267 e. The van der Waals surface area contributed by atoms with Crippen LogP contribution in [0.5, 0.6) is 0 Å². The van der Waals surface area contributed by atoms with E-state index < -0.39 is 0 Å². The zero-order valence-corrected chi connectivity index (χ0v) is 23.6. The maximum atomic E-state index is 13.7. The fraction of sp³-hybridized carbons (Fsp3) is 0.571. The van der Waals surface area contributed by atoms with Crippen LogP contribution in [0.3, 0.4) is 0 Å². The summed E-state index contributed by atoms with van der Waals surface area (Å²) in [7, 11) is 0. The number of thiocarbonyl (C=S) groups is 1. The maximum absolute atomic E-state index is 13.7. The van der Waals surface area contributed by atoms with E-state index in [1.54, 1.807) is 15.4 Å². The highest BCUT2D eigenvalue weighted by Crippen LogP contribution is 2.35. The van der Waals surface area contributed by atoms with E-state index in [-0.39, 0.29) is 11.5 Å². The van der Waals surface area contributed by atoms with Crippen molar-refractivity contribution in [3.8, 4) is 0 Å². The van der Waals surface area contributed by atoms with E-state index in [4.69, 9.17) is 17.2 Å². The number of amides is 1. The third-order valence-electron chi connectivity index (χ3n) is 7.04. The summed E-state index contributed by atoms with van der Waals surface area (Å²) in [5, 5.41) is 0. The van der Waals surface area contributed by atoms with Gasteiger partial charge in [-0.25, -0.2) is 4.98 Å². The Morgan fingerprint density at radius 1 is 1.08 bits per heavy atom. The molecule has 2 saturated heterocycles. The van der Waals surface area contributed by atoms with Crippen molar-refractivity contribution in [2.75, 3.05) is 24.5 Å². The molecule has 194 valence electrons. The number of fused-ring (bicyclic) bond motifs is 1. The number of aromatic nitrogens is 2. The topological polar surface area (TPSA) is 57.9 Å². The van der Waals surface area contributed by atoms with Crippen LogP contribution in [-0.2, 0) is 4.79 Å². The first-order chi connectivity index (χ1) is 17.3. The lowest BCUT2D eigenvalue weighted by molar-refractivity contribution is -0.122. The van der Waals surface area contributed by atoms with Gasteiger partial charge < -0.3 is 4.90 Å². The summed E-state index contributed by atoms with van der Waals surface area (Å²) < 4.78 is 2.17. The van der Waals surface area contributed by atoms with Gasteiger partial charge >= 0.3 is 0 Å². The SMILES string of the molecule is CCCCCCCCN1C(=O)/C(=C/c2c(N3CC(C)CC(C)C3)nc3ccc(C)cn3c2=O)SC1=S. The molecular weight excluding hydrogens is 488 g/mol. The zero-order valence-electron chi connectivity index (χ0n) is 22.0. The van der Waals surface area contributed by atoms with E-state index in [2.05, 4.69) is 25.7 Å². The van der Waals surface area contributed by atoms with E-state index in [1.807, 2.05) is 25.3 Å². The van der Waals surface area contributed by atoms with Gasteiger partial charge in [-0.1, -0.05) is 82.9 Å². The lowest BCUT2D eigenvalue weighted by atomic mass is 9.91. The Morgan fingerprint density at radius 2 is 1.78 bits per heavy atom. The smallest absolute Gasteiger partial charge is 0.267 e. The Hall–Kier alpha value is -2.19. The fourth-order valence-corrected chi connectivity index (χ4v) is 6.61. The van der Waals surface area contributed by atoms with Crippen molar-refractivity contribution >= 4 is 51.7 Å². The molecule has 0 bridgehead atoms. The van der Waals surface area contributed by atoms with Crippen molar-refractivity contribution < 1.29 is 4.79 Å². The number of thioether (sulfide) groups is 1. The van der Waals surface area contributed by atoms with Crippen molar-refractivity contribution in [1.82, 2.24) is 14.3 Å². The Morgan fingerprint density at radius 3 is 2.50 bits per heavy atom. The minimum Gasteiger partial charge on any atom is -0.355 e. The molecule has 2 fully saturated rings. The normalized spacial score (nSPS) is 21.8. The van der Waals surface area contributed by atoms with Gasteiger partial charge in [-0.15, -0.1) is 0 Å². The molecule has 4 rings (SSSR count). The quantitative estimate of drug-likeness (QED) is 0.225. The summed E-state index contributed by atoms with van der Waals surface area (Å²) in [6.45, 7) is 11.0. The molecule has 0 spiro atoms. The number of hydrogen-bond acceptors (Lipinski definition) is 6. The minimum absolute atomic E-state index is 0.0985. The summed E-state index contributed by atoms with van der Waals surface area (Å²) in [6, 6.07) is 3.86. The summed E-state index contributed by atoms with van der Waals surface area (Å²) in [5.41, 5.74) is 1.93. The van der Waals surface area contributed by atoms with E-state index in [9.17, 15) is 9.59 Å². The molecular formula is C28H38N4O2S2. The highest BCUT2D eigenvalue weighted by atomic mass is 32.2. The molecule has 36 heavy (non-hydrogen) atoms.